The summed E-state index contributed by atoms with van der Waals surface area (Å²) in [6, 6.07) is 1.96. The minimum Gasteiger partial charge on any atom is -0.301 e. The van der Waals surface area contributed by atoms with Crippen molar-refractivity contribution in [2.45, 2.75) is 29.8 Å². The van der Waals surface area contributed by atoms with Crippen molar-refractivity contribution in [1.82, 2.24) is 14.8 Å². The van der Waals surface area contributed by atoms with Gasteiger partial charge in [-0.05, 0) is 29.9 Å². The molecule has 3 rings (SSSR count). The van der Waals surface area contributed by atoms with Gasteiger partial charge in [0.25, 0.3) is 0 Å². The monoisotopic (exact) mass is 303 g/mol. The summed E-state index contributed by atoms with van der Waals surface area (Å²) in [6.07, 6.45) is 3.46. The zero-order valence-electron chi connectivity index (χ0n) is 9.28. The number of hydrogen-bond acceptors (Lipinski definition) is 5. The predicted molar refractivity (Wildman–Crippen MR) is 68.5 cm³/mol. The number of nitrogens with zero attached hydrogens (tertiary/aromatic N) is 3. The van der Waals surface area contributed by atoms with Crippen LogP contribution >= 0.6 is 22.9 Å². The molecule has 0 bridgehead atoms. The molecule has 0 spiro atoms. The van der Waals surface area contributed by atoms with Gasteiger partial charge in [-0.25, -0.2) is 8.42 Å². The Hall–Kier alpha value is -0.920. The maximum atomic E-state index is 12.3. The lowest BCUT2D eigenvalue weighted by atomic mass is 10.4. The SMILES string of the molecule is O=S(=O)(Cc1ccsc1Cl)c1nncn1C1CC1. The fourth-order valence-electron chi connectivity index (χ4n) is 1.75. The molecule has 1 fully saturated rings. The summed E-state index contributed by atoms with van der Waals surface area (Å²) in [6.45, 7) is 0. The first-order valence-electron chi connectivity index (χ1n) is 5.42. The average Bonchev–Trinajstić information content (AvgIpc) is 2.90. The third-order valence-corrected chi connectivity index (χ3v) is 5.59. The van der Waals surface area contributed by atoms with E-state index in [-0.39, 0.29) is 17.0 Å². The van der Waals surface area contributed by atoms with E-state index in [1.807, 2.05) is 0 Å². The lowest BCUT2D eigenvalue weighted by Gasteiger charge is -2.05. The number of thiophene rings is 1. The number of sulfone groups is 1. The zero-order chi connectivity index (χ0) is 12.8. The summed E-state index contributed by atoms with van der Waals surface area (Å²) in [7, 11) is -3.49. The second kappa shape index (κ2) is 4.32. The molecule has 1 aliphatic rings. The maximum absolute atomic E-state index is 12.3. The predicted octanol–water partition coefficient (Wildman–Crippen LogP) is 2.30. The highest BCUT2D eigenvalue weighted by Crippen LogP contribution is 2.36. The van der Waals surface area contributed by atoms with Crippen LogP contribution in [0.2, 0.25) is 4.34 Å². The molecule has 0 atom stereocenters. The van der Waals surface area contributed by atoms with E-state index in [2.05, 4.69) is 10.2 Å². The molecule has 1 saturated carbocycles. The van der Waals surface area contributed by atoms with Crippen LogP contribution in [-0.4, -0.2) is 23.2 Å². The molecule has 0 radical (unpaired) electrons. The van der Waals surface area contributed by atoms with Crippen LogP contribution in [-0.2, 0) is 15.6 Å². The summed E-state index contributed by atoms with van der Waals surface area (Å²) < 4.78 is 26.7. The number of aromatic nitrogens is 3. The first kappa shape index (κ1) is 12.1. The van der Waals surface area contributed by atoms with E-state index in [4.69, 9.17) is 11.6 Å². The lowest BCUT2D eigenvalue weighted by Crippen LogP contribution is -2.12. The van der Waals surface area contributed by atoms with Crippen molar-refractivity contribution in [3.8, 4) is 0 Å². The Morgan fingerprint density at radius 3 is 2.89 bits per heavy atom. The van der Waals surface area contributed by atoms with Crippen LogP contribution in [0.5, 0.6) is 0 Å². The fraction of sp³-hybridized carbons (Fsp3) is 0.400. The van der Waals surface area contributed by atoms with E-state index in [1.54, 1.807) is 16.0 Å². The Balaban J connectivity index is 1.94. The van der Waals surface area contributed by atoms with E-state index in [0.717, 1.165) is 12.8 Å². The highest BCUT2D eigenvalue weighted by Gasteiger charge is 2.31. The van der Waals surface area contributed by atoms with Gasteiger partial charge in [0.15, 0.2) is 0 Å². The third-order valence-electron chi connectivity index (χ3n) is 2.80. The van der Waals surface area contributed by atoms with Gasteiger partial charge < -0.3 is 4.57 Å². The van der Waals surface area contributed by atoms with Crippen LogP contribution in [0.25, 0.3) is 0 Å². The molecule has 0 amide bonds. The normalized spacial score (nSPS) is 16.1. The van der Waals surface area contributed by atoms with Gasteiger partial charge in [-0.15, -0.1) is 21.5 Å². The molecule has 8 heteroatoms. The molecule has 2 heterocycles. The smallest absolute Gasteiger partial charge is 0.250 e. The molecule has 5 nitrogen and oxygen atoms in total. The summed E-state index contributed by atoms with van der Waals surface area (Å²) in [5, 5.41) is 9.27. The summed E-state index contributed by atoms with van der Waals surface area (Å²) in [5.41, 5.74) is 0.618. The fourth-order valence-corrected chi connectivity index (χ4v) is 4.32. The molecular weight excluding hydrogens is 294 g/mol. The first-order valence-corrected chi connectivity index (χ1v) is 8.33. The minimum atomic E-state index is -3.49. The summed E-state index contributed by atoms with van der Waals surface area (Å²) >= 11 is 7.26. The van der Waals surface area contributed by atoms with E-state index in [1.165, 1.54) is 17.7 Å². The first-order chi connectivity index (χ1) is 8.58. The Kier molecular flexibility index (Phi) is 2.91. The van der Waals surface area contributed by atoms with E-state index in [0.29, 0.717) is 9.90 Å². The Morgan fingerprint density at radius 1 is 1.50 bits per heavy atom. The van der Waals surface area contributed by atoms with Gasteiger partial charge in [0.2, 0.25) is 15.0 Å². The molecule has 0 aliphatic heterocycles. The number of hydrogen-bond donors (Lipinski definition) is 0. The summed E-state index contributed by atoms with van der Waals surface area (Å²) in [4.78, 5) is 0. The van der Waals surface area contributed by atoms with Crippen molar-refractivity contribution in [3.05, 3.63) is 27.7 Å². The van der Waals surface area contributed by atoms with Crippen LogP contribution in [0.3, 0.4) is 0 Å². The van der Waals surface area contributed by atoms with Crippen molar-refractivity contribution in [2.24, 2.45) is 0 Å². The second-order valence-corrected chi connectivity index (χ2v) is 7.63. The molecule has 18 heavy (non-hydrogen) atoms. The van der Waals surface area contributed by atoms with Crippen molar-refractivity contribution in [3.63, 3.8) is 0 Å². The highest BCUT2D eigenvalue weighted by molar-refractivity contribution is 7.90. The Morgan fingerprint density at radius 2 is 2.28 bits per heavy atom. The quantitative estimate of drug-likeness (QED) is 0.869. The van der Waals surface area contributed by atoms with Crippen molar-refractivity contribution in [1.29, 1.82) is 0 Å². The molecule has 96 valence electrons. The van der Waals surface area contributed by atoms with Crippen molar-refractivity contribution < 1.29 is 8.42 Å². The standard InChI is InChI=1S/C10H10ClN3O2S2/c11-9-7(3-4-17-9)5-18(15,16)10-13-12-6-14(10)8-1-2-8/h3-4,6,8H,1-2,5H2. The molecule has 1 aliphatic carbocycles. The lowest BCUT2D eigenvalue weighted by molar-refractivity contribution is 0.564. The average molecular weight is 304 g/mol. The van der Waals surface area contributed by atoms with Gasteiger partial charge in [0.1, 0.15) is 6.33 Å². The van der Waals surface area contributed by atoms with Gasteiger partial charge in [-0.3, -0.25) is 0 Å². The Bertz CT molecular complexity index is 673. The number of rotatable bonds is 4. The Labute approximate surface area is 113 Å². The van der Waals surface area contributed by atoms with E-state index < -0.39 is 9.84 Å². The second-order valence-electron chi connectivity index (χ2n) is 4.23. The molecule has 0 saturated heterocycles. The van der Waals surface area contributed by atoms with Gasteiger partial charge in [0, 0.05) is 6.04 Å². The largest absolute Gasteiger partial charge is 0.301 e. The van der Waals surface area contributed by atoms with Crippen LogP contribution < -0.4 is 0 Å². The topological polar surface area (TPSA) is 64.8 Å². The minimum absolute atomic E-state index is 0.0484. The van der Waals surface area contributed by atoms with Gasteiger partial charge >= 0.3 is 0 Å². The molecular formula is C10H10ClN3O2S2. The summed E-state index contributed by atoms with van der Waals surface area (Å²) in [5.74, 6) is -0.124. The maximum Gasteiger partial charge on any atom is 0.250 e. The van der Waals surface area contributed by atoms with Gasteiger partial charge in [0.05, 0.1) is 10.1 Å². The molecule has 2 aromatic rings. The molecule has 0 aromatic carbocycles. The molecule has 0 unspecified atom stereocenters. The molecule has 0 N–H and O–H groups in total. The van der Waals surface area contributed by atoms with Crippen LogP contribution in [0.1, 0.15) is 24.4 Å². The zero-order valence-corrected chi connectivity index (χ0v) is 11.7. The van der Waals surface area contributed by atoms with Crippen LogP contribution in [0.4, 0.5) is 0 Å². The van der Waals surface area contributed by atoms with Gasteiger partial charge in [-0.1, -0.05) is 11.6 Å². The van der Waals surface area contributed by atoms with Crippen molar-refractivity contribution >= 4 is 32.8 Å². The third kappa shape index (κ3) is 2.17. The van der Waals surface area contributed by atoms with E-state index in [9.17, 15) is 8.42 Å². The highest BCUT2D eigenvalue weighted by atomic mass is 35.5. The van der Waals surface area contributed by atoms with Gasteiger partial charge in [-0.2, -0.15) is 0 Å². The number of halogens is 1. The van der Waals surface area contributed by atoms with Crippen molar-refractivity contribution in [2.75, 3.05) is 0 Å². The van der Waals surface area contributed by atoms with E-state index >= 15 is 0 Å². The van der Waals surface area contributed by atoms with Crippen LogP contribution in [0.15, 0.2) is 22.9 Å². The van der Waals surface area contributed by atoms with Crippen LogP contribution in [0, 0.1) is 0 Å². The molecule has 2 aromatic heterocycles.